The Balaban J connectivity index is 1.55. The molecule has 1 aliphatic carbocycles. The second-order valence-electron chi connectivity index (χ2n) is 10.7. The number of amides is 3. The lowest BCUT2D eigenvalue weighted by Crippen LogP contribution is -2.49. The standard InChI is InChI=1S/C33H43N3O6S/c1-23-11-14-27(43-23)21-35(18-17-24-12-16-29(40-3)31(19-24)42-5)32(37)22-36(25-9-7-6-8-10-25)33(38)34-28-15-13-26(39-2)20-30(28)41-4/h11-16,19-20,25H,6-10,17-18,21-22H2,1-5H3,(H,34,38). The number of methoxy groups -OCH3 is 4. The quantitative estimate of drug-likeness (QED) is 0.237. The molecular weight excluding hydrogens is 566 g/mol. The molecule has 1 saturated carbocycles. The Labute approximate surface area is 258 Å². The van der Waals surface area contributed by atoms with Gasteiger partial charge < -0.3 is 34.1 Å². The summed E-state index contributed by atoms with van der Waals surface area (Å²) < 4.78 is 21.7. The van der Waals surface area contributed by atoms with Crippen LogP contribution >= 0.6 is 11.3 Å². The first kappa shape index (κ1) is 32.0. The first-order valence-corrected chi connectivity index (χ1v) is 15.5. The summed E-state index contributed by atoms with van der Waals surface area (Å²) in [7, 11) is 6.36. The van der Waals surface area contributed by atoms with Gasteiger partial charge in [0.1, 0.15) is 18.0 Å². The van der Waals surface area contributed by atoms with E-state index in [1.165, 1.54) is 4.88 Å². The van der Waals surface area contributed by atoms with Crippen molar-refractivity contribution in [1.82, 2.24) is 9.80 Å². The van der Waals surface area contributed by atoms with E-state index in [-0.39, 0.29) is 24.5 Å². The minimum atomic E-state index is -0.310. The number of urea groups is 1. The van der Waals surface area contributed by atoms with Crippen molar-refractivity contribution in [3.8, 4) is 23.0 Å². The molecule has 3 aromatic rings. The van der Waals surface area contributed by atoms with Crippen LogP contribution in [0.25, 0.3) is 0 Å². The third-order valence-corrected chi connectivity index (χ3v) is 8.83. The van der Waals surface area contributed by atoms with Crippen LogP contribution in [0.15, 0.2) is 48.5 Å². The maximum Gasteiger partial charge on any atom is 0.322 e. The first-order chi connectivity index (χ1) is 20.8. The molecule has 232 valence electrons. The van der Waals surface area contributed by atoms with Crippen LogP contribution in [-0.4, -0.2) is 69.3 Å². The lowest BCUT2D eigenvalue weighted by Gasteiger charge is -2.35. The number of nitrogens with one attached hydrogen (secondary N) is 1. The molecule has 1 aliphatic rings. The molecule has 3 amide bonds. The average Bonchev–Trinajstić information content (AvgIpc) is 3.46. The van der Waals surface area contributed by atoms with E-state index in [1.54, 1.807) is 62.9 Å². The number of thiophene rings is 1. The average molecular weight is 610 g/mol. The molecule has 2 aromatic carbocycles. The van der Waals surface area contributed by atoms with Crippen LogP contribution in [-0.2, 0) is 17.8 Å². The van der Waals surface area contributed by atoms with E-state index in [9.17, 15) is 9.59 Å². The van der Waals surface area contributed by atoms with Crippen molar-refractivity contribution in [2.24, 2.45) is 0 Å². The predicted molar refractivity (Wildman–Crippen MR) is 170 cm³/mol. The largest absolute Gasteiger partial charge is 0.497 e. The summed E-state index contributed by atoms with van der Waals surface area (Å²) in [6, 6.07) is 14.9. The van der Waals surface area contributed by atoms with Gasteiger partial charge in [-0.2, -0.15) is 0 Å². The molecule has 0 aliphatic heterocycles. The lowest BCUT2D eigenvalue weighted by molar-refractivity contribution is -0.132. The molecule has 0 unspecified atom stereocenters. The third kappa shape index (κ3) is 8.56. The SMILES string of the molecule is COc1ccc(NC(=O)N(CC(=O)N(CCc2ccc(OC)c(OC)c2)Cc2ccc(C)s2)C2CCCCC2)c(OC)c1. The zero-order chi connectivity index (χ0) is 30.8. The van der Waals surface area contributed by atoms with E-state index in [0.29, 0.717) is 48.2 Å². The van der Waals surface area contributed by atoms with Gasteiger partial charge in [-0.05, 0) is 68.1 Å². The Morgan fingerprint density at radius 2 is 1.60 bits per heavy atom. The number of rotatable bonds is 13. The van der Waals surface area contributed by atoms with Gasteiger partial charge >= 0.3 is 6.03 Å². The fraction of sp³-hybridized carbons (Fsp3) is 0.455. The first-order valence-electron chi connectivity index (χ1n) is 14.7. The molecule has 0 atom stereocenters. The molecule has 43 heavy (non-hydrogen) atoms. The smallest absolute Gasteiger partial charge is 0.322 e. The number of aryl methyl sites for hydroxylation is 1. The highest BCUT2D eigenvalue weighted by atomic mass is 32.1. The third-order valence-electron chi connectivity index (χ3n) is 7.85. The molecule has 1 aromatic heterocycles. The van der Waals surface area contributed by atoms with Crippen LogP contribution in [0.5, 0.6) is 23.0 Å². The summed E-state index contributed by atoms with van der Waals surface area (Å²) in [6.45, 7) is 3.03. The van der Waals surface area contributed by atoms with Crippen molar-refractivity contribution < 1.29 is 28.5 Å². The number of nitrogens with zero attached hydrogens (tertiary/aromatic N) is 2. The lowest BCUT2D eigenvalue weighted by atomic mass is 9.94. The summed E-state index contributed by atoms with van der Waals surface area (Å²) in [6.07, 6.45) is 5.58. The van der Waals surface area contributed by atoms with Gasteiger partial charge in [0.15, 0.2) is 11.5 Å². The summed E-state index contributed by atoms with van der Waals surface area (Å²) in [5.41, 5.74) is 1.56. The van der Waals surface area contributed by atoms with Gasteiger partial charge in [0, 0.05) is 28.4 Å². The normalized spacial score (nSPS) is 13.2. The molecule has 4 rings (SSSR count). The molecular formula is C33H43N3O6S. The van der Waals surface area contributed by atoms with Gasteiger partial charge in [0.2, 0.25) is 5.91 Å². The number of ether oxygens (including phenoxy) is 4. The van der Waals surface area contributed by atoms with E-state index < -0.39 is 0 Å². The number of hydrogen-bond donors (Lipinski definition) is 1. The second-order valence-corrected chi connectivity index (χ2v) is 12.1. The minimum absolute atomic E-state index is 0.00867. The zero-order valence-electron chi connectivity index (χ0n) is 25.8. The Morgan fingerprint density at radius 3 is 2.26 bits per heavy atom. The predicted octanol–water partition coefficient (Wildman–Crippen LogP) is 6.53. The van der Waals surface area contributed by atoms with Crippen molar-refractivity contribution >= 4 is 29.0 Å². The minimum Gasteiger partial charge on any atom is -0.497 e. The molecule has 0 saturated heterocycles. The number of carbonyl (C=O) groups is 2. The summed E-state index contributed by atoms with van der Waals surface area (Å²) in [4.78, 5) is 33.7. The zero-order valence-corrected chi connectivity index (χ0v) is 26.6. The van der Waals surface area contributed by atoms with Crippen molar-refractivity contribution in [1.29, 1.82) is 0 Å². The highest BCUT2D eigenvalue weighted by Crippen LogP contribution is 2.31. The van der Waals surface area contributed by atoms with Gasteiger partial charge in [-0.1, -0.05) is 25.3 Å². The Morgan fingerprint density at radius 1 is 0.860 bits per heavy atom. The number of benzene rings is 2. The van der Waals surface area contributed by atoms with E-state index in [0.717, 1.165) is 42.5 Å². The maximum atomic E-state index is 14.0. The van der Waals surface area contributed by atoms with Gasteiger partial charge in [-0.15, -0.1) is 11.3 Å². The second kappa shape index (κ2) is 15.5. The van der Waals surface area contributed by atoms with Crippen molar-refractivity contribution in [3.63, 3.8) is 0 Å². The fourth-order valence-corrected chi connectivity index (χ4v) is 6.35. The van der Waals surface area contributed by atoms with Gasteiger partial charge in [-0.3, -0.25) is 4.79 Å². The van der Waals surface area contributed by atoms with Gasteiger partial charge in [0.05, 0.1) is 40.7 Å². The topological polar surface area (TPSA) is 89.6 Å². The van der Waals surface area contributed by atoms with Crippen molar-refractivity contribution in [2.45, 2.75) is 58.0 Å². The number of carbonyl (C=O) groups excluding carboxylic acids is 2. The molecule has 1 fully saturated rings. The van der Waals surface area contributed by atoms with E-state index >= 15 is 0 Å². The molecule has 0 spiro atoms. The Kier molecular flexibility index (Phi) is 11.6. The van der Waals surface area contributed by atoms with E-state index in [1.807, 2.05) is 23.1 Å². The molecule has 0 bridgehead atoms. The van der Waals surface area contributed by atoms with Crippen molar-refractivity contribution in [3.05, 3.63) is 63.8 Å². The molecule has 1 N–H and O–H groups in total. The van der Waals surface area contributed by atoms with Gasteiger partial charge in [0.25, 0.3) is 0 Å². The molecule has 10 heteroatoms. The van der Waals surface area contributed by atoms with Gasteiger partial charge in [-0.25, -0.2) is 4.79 Å². The number of hydrogen-bond acceptors (Lipinski definition) is 7. The van der Waals surface area contributed by atoms with Crippen LogP contribution in [0.4, 0.5) is 10.5 Å². The van der Waals surface area contributed by atoms with Crippen LogP contribution in [0.1, 0.15) is 47.4 Å². The Bertz CT molecular complexity index is 1370. The Hall–Kier alpha value is -3.92. The summed E-state index contributed by atoms with van der Waals surface area (Å²) >= 11 is 1.68. The molecule has 0 radical (unpaired) electrons. The van der Waals surface area contributed by atoms with Crippen molar-refractivity contribution in [2.75, 3.05) is 46.8 Å². The van der Waals surface area contributed by atoms with Crippen LogP contribution < -0.4 is 24.3 Å². The molecule has 9 nitrogen and oxygen atoms in total. The number of anilines is 1. The summed E-state index contributed by atoms with van der Waals surface area (Å²) in [5, 5.41) is 3.00. The highest BCUT2D eigenvalue weighted by molar-refractivity contribution is 7.11. The van der Waals surface area contributed by atoms with Crippen LogP contribution in [0, 0.1) is 6.92 Å². The fourth-order valence-electron chi connectivity index (χ4n) is 5.44. The maximum absolute atomic E-state index is 14.0. The van der Waals surface area contributed by atoms with E-state index in [4.69, 9.17) is 18.9 Å². The van der Waals surface area contributed by atoms with E-state index in [2.05, 4.69) is 24.4 Å². The van der Waals surface area contributed by atoms with Crippen LogP contribution in [0.2, 0.25) is 0 Å². The highest BCUT2D eigenvalue weighted by Gasteiger charge is 2.30. The monoisotopic (exact) mass is 609 g/mol. The molecule has 1 heterocycles. The summed E-state index contributed by atoms with van der Waals surface area (Å²) in [5.74, 6) is 2.35. The van der Waals surface area contributed by atoms with Crippen LogP contribution in [0.3, 0.4) is 0 Å².